The Morgan fingerprint density at radius 3 is 2.58 bits per heavy atom. The van der Waals surface area contributed by atoms with Crippen molar-refractivity contribution in [3.63, 3.8) is 0 Å². The molecule has 0 unspecified atom stereocenters. The van der Waals surface area contributed by atoms with Gasteiger partial charge in [0.05, 0.1) is 35.6 Å². The van der Waals surface area contributed by atoms with Gasteiger partial charge >= 0.3 is 0 Å². The van der Waals surface area contributed by atoms with Gasteiger partial charge in [-0.15, -0.1) is 0 Å². The summed E-state index contributed by atoms with van der Waals surface area (Å²) in [6.07, 6.45) is 2.05. The lowest BCUT2D eigenvalue weighted by molar-refractivity contribution is -0.616. The van der Waals surface area contributed by atoms with E-state index < -0.39 is 6.04 Å². The van der Waals surface area contributed by atoms with Gasteiger partial charge in [0.25, 0.3) is 5.52 Å². The highest BCUT2D eigenvalue weighted by molar-refractivity contribution is 6.11. The van der Waals surface area contributed by atoms with Crippen LogP contribution in [0, 0.1) is 0 Å². The summed E-state index contributed by atoms with van der Waals surface area (Å²) in [5.74, 6) is -0.248. The number of pyridine rings is 1. The summed E-state index contributed by atoms with van der Waals surface area (Å²) in [6.45, 7) is 0.621. The van der Waals surface area contributed by atoms with E-state index in [4.69, 9.17) is 15.9 Å². The van der Waals surface area contributed by atoms with Crippen LogP contribution in [-0.2, 0) is 16.6 Å². The fraction of sp³-hybridized carbons (Fsp3) is 0.320. The minimum absolute atomic E-state index is 0.0195. The van der Waals surface area contributed by atoms with Gasteiger partial charge in [0.15, 0.2) is 5.78 Å². The van der Waals surface area contributed by atoms with Gasteiger partial charge in [-0.05, 0) is 37.5 Å². The number of furan rings is 1. The van der Waals surface area contributed by atoms with Gasteiger partial charge in [-0.3, -0.25) is 9.59 Å². The quantitative estimate of drug-likeness (QED) is 0.217. The molecule has 0 fully saturated rings. The number of aryl methyl sites for hydroxylation is 1. The number of rotatable bonds is 10. The molecule has 0 saturated carbocycles. The standard InChI is InChI=1S/C25H29N5O3/c1-30-19-11-4-2-8-16(19)23(25-24(30)17-9-3-5-12-21(17)33-25)29-15-20(31)18(27)10-6-7-13-28-22(32)14-26/h2-5,8-9,11-12,18H,6-7,10,13-15,26-27H2,1H3,(H,28,32)/p+1/t18-/m0/s1. The molecule has 1 amide bonds. The van der Waals surface area contributed by atoms with Crippen LogP contribution in [0.5, 0.6) is 0 Å². The SMILES string of the molecule is C[n+]1c2ccccc2c(NCC(=O)[C@@H](N)CCCCNC(=O)CN)c2oc3ccccc3c21. The zero-order valence-corrected chi connectivity index (χ0v) is 18.8. The van der Waals surface area contributed by atoms with E-state index in [2.05, 4.69) is 21.3 Å². The van der Waals surface area contributed by atoms with E-state index in [1.165, 1.54) is 0 Å². The number of benzene rings is 2. The van der Waals surface area contributed by atoms with Crippen LogP contribution in [-0.4, -0.2) is 37.4 Å². The topological polar surface area (TPSA) is 127 Å². The number of Topliss-reactive ketones (excluding diaryl/α,β-unsaturated/α-hetero) is 1. The molecule has 4 rings (SSSR count). The molecule has 0 aliphatic carbocycles. The zero-order chi connectivity index (χ0) is 23.4. The Kier molecular flexibility index (Phi) is 6.86. The molecule has 0 aliphatic rings. The molecule has 172 valence electrons. The summed E-state index contributed by atoms with van der Waals surface area (Å²) < 4.78 is 8.34. The Balaban J connectivity index is 1.52. The summed E-state index contributed by atoms with van der Waals surface area (Å²) in [7, 11) is 2.02. The predicted octanol–water partition coefficient (Wildman–Crippen LogP) is 2.12. The molecule has 2 aromatic carbocycles. The van der Waals surface area contributed by atoms with Crippen molar-refractivity contribution >= 4 is 50.3 Å². The maximum Gasteiger partial charge on any atom is 0.261 e. The smallest absolute Gasteiger partial charge is 0.261 e. The summed E-state index contributed by atoms with van der Waals surface area (Å²) in [5.41, 5.74) is 15.7. The lowest BCUT2D eigenvalue weighted by Gasteiger charge is -2.13. The molecular weight excluding hydrogens is 418 g/mol. The van der Waals surface area contributed by atoms with Crippen molar-refractivity contribution in [3.05, 3.63) is 48.5 Å². The Morgan fingerprint density at radius 1 is 1.06 bits per heavy atom. The Bertz CT molecular complexity index is 1310. The van der Waals surface area contributed by atoms with Gasteiger partial charge in [-0.2, -0.15) is 4.57 Å². The van der Waals surface area contributed by atoms with Crippen molar-refractivity contribution in [1.29, 1.82) is 0 Å². The molecule has 8 heteroatoms. The van der Waals surface area contributed by atoms with Crippen LogP contribution >= 0.6 is 0 Å². The van der Waals surface area contributed by atoms with Crippen molar-refractivity contribution < 1.29 is 18.6 Å². The molecule has 2 aromatic heterocycles. The molecule has 0 aliphatic heterocycles. The van der Waals surface area contributed by atoms with Gasteiger partial charge in [-0.25, -0.2) is 0 Å². The second-order valence-corrected chi connectivity index (χ2v) is 8.20. The van der Waals surface area contributed by atoms with Crippen LogP contribution in [0.2, 0.25) is 0 Å². The van der Waals surface area contributed by atoms with Crippen molar-refractivity contribution in [1.82, 2.24) is 5.32 Å². The van der Waals surface area contributed by atoms with E-state index in [1.54, 1.807) is 0 Å². The average Bonchev–Trinajstić information content (AvgIpc) is 3.23. The predicted molar refractivity (Wildman–Crippen MR) is 130 cm³/mol. The highest BCUT2D eigenvalue weighted by Crippen LogP contribution is 2.35. The number of ketones is 1. The second kappa shape index (κ2) is 9.97. The normalized spacial score (nSPS) is 12.3. The molecule has 6 N–H and O–H groups in total. The number of para-hydroxylation sites is 2. The van der Waals surface area contributed by atoms with E-state index in [0.29, 0.717) is 13.0 Å². The number of aromatic nitrogens is 1. The number of unbranched alkanes of at least 4 members (excludes halogenated alkanes) is 1. The second-order valence-electron chi connectivity index (χ2n) is 8.20. The first-order valence-electron chi connectivity index (χ1n) is 11.2. The number of carbonyl (C=O) groups is 2. The average molecular weight is 449 g/mol. The number of hydrogen-bond donors (Lipinski definition) is 4. The maximum absolute atomic E-state index is 12.7. The molecule has 8 nitrogen and oxygen atoms in total. The van der Waals surface area contributed by atoms with E-state index in [1.807, 2.05) is 49.5 Å². The fourth-order valence-corrected chi connectivity index (χ4v) is 4.19. The maximum atomic E-state index is 12.7. The minimum atomic E-state index is -0.569. The highest BCUT2D eigenvalue weighted by Gasteiger charge is 2.25. The van der Waals surface area contributed by atoms with E-state index in [9.17, 15) is 9.59 Å². The molecular formula is C25H30N5O3+. The molecule has 0 radical (unpaired) electrons. The van der Waals surface area contributed by atoms with E-state index in [0.717, 1.165) is 51.5 Å². The third kappa shape index (κ3) is 4.67. The lowest BCUT2D eigenvalue weighted by atomic mass is 10.1. The third-order valence-corrected chi connectivity index (χ3v) is 5.97. The lowest BCUT2D eigenvalue weighted by Crippen LogP contribution is -2.36. The first-order chi connectivity index (χ1) is 16.0. The van der Waals surface area contributed by atoms with Crippen LogP contribution in [0.1, 0.15) is 19.3 Å². The van der Waals surface area contributed by atoms with Gasteiger partial charge in [-0.1, -0.05) is 24.3 Å². The molecule has 1 atom stereocenters. The number of nitrogens with zero attached hydrogens (tertiary/aromatic N) is 1. The number of amides is 1. The monoisotopic (exact) mass is 448 g/mol. The Hall–Kier alpha value is -3.49. The molecule has 33 heavy (non-hydrogen) atoms. The number of nitrogens with two attached hydrogens (primary N) is 2. The van der Waals surface area contributed by atoms with E-state index in [-0.39, 0.29) is 24.8 Å². The molecule has 0 spiro atoms. The Labute approximate surface area is 191 Å². The van der Waals surface area contributed by atoms with Gasteiger partial charge in [0.2, 0.25) is 17.0 Å². The van der Waals surface area contributed by atoms with E-state index >= 15 is 0 Å². The number of fused-ring (bicyclic) bond motifs is 4. The number of anilines is 1. The number of hydrogen-bond acceptors (Lipinski definition) is 6. The zero-order valence-electron chi connectivity index (χ0n) is 18.8. The van der Waals surface area contributed by atoms with Crippen LogP contribution in [0.4, 0.5) is 5.69 Å². The van der Waals surface area contributed by atoms with Crippen molar-refractivity contribution in [2.24, 2.45) is 18.5 Å². The first kappa shape index (κ1) is 22.7. The van der Waals surface area contributed by atoms with Gasteiger partial charge < -0.3 is 26.5 Å². The molecule has 0 bridgehead atoms. The van der Waals surface area contributed by atoms with Crippen molar-refractivity contribution in [2.75, 3.05) is 25.0 Å². The van der Waals surface area contributed by atoms with Crippen LogP contribution in [0.3, 0.4) is 0 Å². The summed E-state index contributed by atoms with van der Waals surface area (Å²) in [5, 5.41) is 8.03. The van der Waals surface area contributed by atoms with Gasteiger partial charge in [0, 0.05) is 12.6 Å². The minimum Gasteiger partial charge on any atom is -0.447 e. The summed E-state index contributed by atoms with van der Waals surface area (Å²) in [6, 6.07) is 15.4. The highest BCUT2D eigenvalue weighted by atomic mass is 16.3. The molecule has 2 heterocycles. The number of nitrogens with one attached hydrogen (secondary N) is 2. The molecule has 4 aromatic rings. The summed E-state index contributed by atoms with van der Waals surface area (Å²) in [4.78, 5) is 23.9. The van der Waals surface area contributed by atoms with Crippen molar-refractivity contribution in [2.45, 2.75) is 25.3 Å². The Morgan fingerprint density at radius 2 is 1.79 bits per heavy atom. The van der Waals surface area contributed by atoms with Crippen molar-refractivity contribution in [3.8, 4) is 0 Å². The third-order valence-electron chi connectivity index (χ3n) is 5.97. The number of carbonyl (C=O) groups excluding carboxylic acids is 2. The molecule has 0 saturated heterocycles. The van der Waals surface area contributed by atoms with Crippen LogP contribution in [0.15, 0.2) is 52.9 Å². The summed E-state index contributed by atoms with van der Waals surface area (Å²) >= 11 is 0. The van der Waals surface area contributed by atoms with Crippen LogP contribution in [0.25, 0.3) is 33.0 Å². The van der Waals surface area contributed by atoms with Crippen LogP contribution < -0.4 is 26.7 Å². The van der Waals surface area contributed by atoms with Gasteiger partial charge in [0.1, 0.15) is 12.6 Å². The largest absolute Gasteiger partial charge is 0.447 e. The fourth-order valence-electron chi connectivity index (χ4n) is 4.19. The first-order valence-corrected chi connectivity index (χ1v) is 11.2.